The number of aryl methyl sites for hydroxylation is 2. The highest BCUT2D eigenvalue weighted by Crippen LogP contribution is 2.43. The summed E-state index contributed by atoms with van der Waals surface area (Å²) in [7, 11) is 0. The maximum absolute atomic E-state index is 13.2. The molecule has 1 aliphatic heterocycles. The Morgan fingerprint density at radius 2 is 1.79 bits per heavy atom. The summed E-state index contributed by atoms with van der Waals surface area (Å²) in [6, 6.07) is 14.4. The Balaban J connectivity index is 1.81. The number of ketones is 1. The van der Waals surface area contributed by atoms with Gasteiger partial charge in [-0.05, 0) is 73.9 Å². The van der Waals surface area contributed by atoms with E-state index in [2.05, 4.69) is 13.8 Å². The first-order valence-electron chi connectivity index (χ1n) is 11.0. The number of nitrogens with zero attached hydrogens (tertiary/aromatic N) is 1. The molecule has 1 aliphatic rings. The number of rotatable bonds is 6. The highest BCUT2D eigenvalue weighted by Gasteiger charge is 2.48. The maximum atomic E-state index is 13.2. The number of furan rings is 1. The van der Waals surface area contributed by atoms with Gasteiger partial charge in [-0.1, -0.05) is 31.5 Å². The normalized spacial score (nSPS) is 17.6. The van der Waals surface area contributed by atoms with Crippen LogP contribution in [-0.2, 0) is 9.59 Å². The fourth-order valence-corrected chi connectivity index (χ4v) is 4.00. The first-order valence-corrected chi connectivity index (χ1v) is 11.4. The van der Waals surface area contributed by atoms with Crippen LogP contribution in [0.1, 0.15) is 42.5 Å². The van der Waals surface area contributed by atoms with E-state index in [0.717, 1.165) is 5.56 Å². The first kappa shape index (κ1) is 23.6. The Labute approximate surface area is 203 Å². The summed E-state index contributed by atoms with van der Waals surface area (Å²) in [6.45, 7) is 8.29. The molecule has 176 valence electrons. The molecule has 4 rings (SSSR count). The molecule has 0 spiro atoms. The molecule has 6 nitrogen and oxygen atoms in total. The standard InChI is InChI=1S/C27H26ClNO5/c1-15(2)14-33-20-10-7-18(8-11-20)25(30)23-24(22-12-6-17(4)34-22)29(27(32)26(23)31)19-9-5-16(3)21(28)13-19/h5-13,15,24,30H,14H2,1-4H3/b25-23-. The van der Waals surface area contributed by atoms with Crippen molar-refractivity contribution in [3.8, 4) is 5.75 Å². The van der Waals surface area contributed by atoms with Gasteiger partial charge >= 0.3 is 0 Å². The molecule has 34 heavy (non-hydrogen) atoms. The largest absolute Gasteiger partial charge is 0.507 e. The fourth-order valence-electron chi connectivity index (χ4n) is 3.83. The number of anilines is 1. The minimum atomic E-state index is -0.940. The minimum Gasteiger partial charge on any atom is -0.507 e. The second-order valence-corrected chi connectivity index (χ2v) is 9.19. The lowest BCUT2D eigenvalue weighted by Crippen LogP contribution is -2.29. The van der Waals surface area contributed by atoms with Gasteiger partial charge in [0.15, 0.2) is 0 Å². The molecule has 1 aromatic heterocycles. The van der Waals surface area contributed by atoms with E-state index in [9.17, 15) is 14.7 Å². The molecule has 1 unspecified atom stereocenters. The van der Waals surface area contributed by atoms with Crippen LogP contribution >= 0.6 is 11.6 Å². The number of ether oxygens (including phenoxy) is 1. The Hall–Kier alpha value is -3.51. The van der Waals surface area contributed by atoms with E-state index in [1.54, 1.807) is 61.5 Å². The molecule has 1 fully saturated rings. The van der Waals surface area contributed by atoms with Crippen LogP contribution in [0.2, 0.25) is 5.02 Å². The number of amides is 1. The average Bonchev–Trinajstić information content (AvgIpc) is 3.35. The third-order valence-corrected chi connectivity index (χ3v) is 6.03. The highest BCUT2D eigenvalue weighted by atomic mass is 35.5. The molecule has 0 saturated carbocycles. The summed E-state index contributed by atoms with van der Waals surface area (Å²) in [5.41, 5.74) is 1.62. The molecule has 0 aliphatic carbocycles. The summed E-state index contributed by atoms with van der Waals surface area (Å²) >= 11 is 6.31. The van der Waals surface area contributed by atoms with Gasteiger partial charge in [0.2, 0.25) is 0 Å². The van der Waals surface area contributed by atoms with Gasteiger partial charge < -0.3 is 14.3 Å². The molecule has 1 atom stereocenters. The molecule has 3 aromatic rings. The quantitative estimate of drug-likeness (QED) is 0.258. The van der Waals surface area contributed by atoms with Crippen LogP contribution in [0, 0.1) is 19.8 Å². The van der Waals surface area contributed by atoms with Crippen LogP contribution in [0.4, 0.5) is 5.69 Å². The van der Waals surface area contributed by atoms with Crippen molar-refractivity contribution in [2.24, 2.45) is 5.92 Å². The van der Waals surface area contributed by atoms with Crippen molar-refractivity contribution in [1.29, 1.82) is 0 Å². The number of halogens is 1. The topological polar surface area (TPSA) is 80.0 Å². The second-order valence-electron chi connectivity index (χ2n) is 8.78. The number of aliphatic hydroxyl groups excluding tert-OH is 1. The molecule has 0 bridgehead atoms. The molecule has 0 radical (unpaired) electrons. The number of hydrogen-bond donors (Lipinski definition) is 1. The maximum Gasteiger partial charge on any atom is 0.300 e. The predicted molar refractivity (Wildman–Crippen MR) is 131 cm³/mol. The van der Waals surface area contributed by atoms with Gasteiger partial charge in [0.05, 0.1) is 12.2 Å². The van der Waals surface area contributed by atoms with E-state index < -0.39 is 17.7 Å². The lowest BCUT2D eigenvalue weighted by molar-refractivity contribution is -0.132. The molecule has 1 saturated heterocycles. The van der Waals surface area contributed by atoms with Crippen molar-refractivity contribution in [1.82, 2.24) is 0 Å². The van der Waals surface area contributed by atoms with Gasteiger partial charge in [-0.2, -0.15) is 0 Å². The monoisotopic (exact) mass is 479 g/mol. The van der Waals surface area contributed by atoms with E-state index in [4.69, 9.17) is 20.8 Å². The SMILES string of the molecule is Cc1ccc(C2/C(=C(/O)c3ccc(OCC(C)C)cc3)C(=O)C(=O)N2c2ccc(C)c(Cl)c2)o1. The van der Waals surface area contributed by atoms with Gasteiger partial charge in [0.1, 0.15) is 29.1 Å². The van der Waals surface area contributed by atoms with Gasteiger partial charge in [-0.3, -0.25) is 14.5 Å². The zero-order chi connectivity index (χ0) is 24.6. The van der Waals surface area contributed by atoms with E-state index in [1.807, 2.05) is 6.92 Å². The van der Waals surface area contributed by atoms with Crippen LogP contribution in [0.25, 0.3) is 5.76 Å². The van der Waals surface area contributed by atoms with Gasteiger partial charge in [-0.25, -0.2) is 0 Å². The third kappa shape index (κ3) is 4.46. The van der Waals surface area contributed by atoms with E-state index in [-0.39, 0.29) is 11.3 Å². The van der Waals surface area contributed by atoms with E-state index in [0.29, 0.717) is 46.1 Å². The number of aliphatic hydroxyl groups is 1. The lowest BCUT2D eigenvalue weighted by Gasteiger charge is -2.24. The summed E-state index contributed by atoms with van der Waals surface area (Å²) < 4.78 is 11.5. The Morgan fingerprint density at radius 3 is 2.38 bits per heavy atom. The predicted octanol–water partition coefficient (Wildman–Crippen LogP) is 6.21. The summed E-state index contributed by atoms with van der Waals surface area (Å²) in [5, 5.41) is 11.7. The number of carbonyl (C=O) groups excluding carboxylic acids is 2. The van der Waals surface area contributed by atoms with Gasteiger partial charge in [0, 0.05) is 16.3 Å². The first-order chi connectivity index (χ1) is 16.2. The summed E-state index contributed by atoms with van der Waals surface area (Å²) in [6.07, 6.45) is 0. The molecular weight excluding hydrogens is 454 g/mol. The molecule has 1 amide bonds. The van der Waals surface area contributed by atoms with Crippen molar-refractivity contribution < 1.29 is 23.8 Å². The van der Waals surface area contributed by atoms with E-state index >= 15 is 0 Å². The third-order valence-electron chi connectivity index (χ3n) is 5.62. The van der Waals surface area contributed by atoms with Crippen molar-refractivity contribution in [3.05, 3.63) is 87.8 Å². The number of Topliss-reactive ketones (excluding diaryl/α,β-unsaturated/α-hetero) is 1. The van der Waals surface area contributed by atoms with Crippen LogP contribution in [0.3, 0.4) is 0 Å². The average molecular weight is 480 g/mol. The van der Waals surface area contributed by atoms with Crippen LogP contribution in [0.5, 0.6) is 5.75 Å². The van der Waals surface area contributed by atoms with Gasteiger partial charge in [0.25, 0.3) is 11.7 Å². The molecule has 2 aromatic carbocycles. The van der Waals surface area contributed by atoms with Crippen LogP contribution in [-0.4, -0.2) is 23.4 Å². The molecule has 1 N–H and O–H groups in total. The van der Waals surface area contributed by atoms with Crippen LogP contribution in [0.15, 0.2) is 64.6 Å². The summed E-state index contributed by atoms with van der Waals surface area (Å²) in [4.78, 5) is 27.7. The van der Waals surface area contributed by atoms with Crippen LogP contribution < -0.4 is 9.64 Å². The van der Waals surface area contributed by atoms with Crippen molar-refractivity contribution >= 4 is 34.7 Å². The number of hydrogen-bond acceptors (Lipinski definition) is 5. The molecule has 2 heterocycles. The second kappa shape index (κ2) is 9.39. The minimum absolute atomic E-state index is 0.0492. The van der Waals surface area contributed by atoms with E-state index in [1.165, 1.54) is 4.90 Å². The smallest absolute Gasteiger partial charge is 0.300 e. The van der Waals surface area contributed by atoms with Crippen molar-refractivity contribution in [2.45, 2.75) is 33.7 Å². The Bertz CT molecular complexity index is 1270. The fraction of sp³-hybridized carbons (Fsp3) is 0.259. The molecule has 7 heteroatoms. The number of carbonyl (C=O) groups is 2. The number of benzene rings is 2. The zero-order valence-electron chi connectivity index (χ0n) is 19.5. The van der Waals surface area contributed by atoms with Crippen molar-refractivity contribution in [2.75, 3.05) is 11.5 Å². The van der Waals surface area contributed by atoms with Crippen molar-refractivity contribution in [3.63, 3.8) is 0 Å². The molecular formula is C27H26ClNO5. The zero-order valence-corrected chi connectivity index (χ0v) is 20.2. The summed E-state index contributed by atoms with van der Waals surface area (Å²) in [5.74, 6) is 0.162. The van der Waals surface area contributed by atoms with Gasteiger partial charge in [-0.15, -0.1) is 0 Å². The Morgan fingerprint density at radius 1 is 1.09 bits per heavy atom. The highest BCUT2D eigenvalue weighted by molar-refractivity contribution is 6.51. The lowest BCUT2D eigenvalue weighted by atomic mass is 9.99. The Kier molecular flexibility index (Phi) is 6.53.